The summed E-state index contributed by atoms with van der Waals surface area (Å²) in [4.78, 5) is 25.9. The van der Waals surface area contributed by atoms with Crippen LogP contribution < -0.4 is 4.90 Å². The molecule has 0 N–H and O–H groups in total. The Morgan fingerprint density at radius 2 is 1.58 bits per heavy atom. The first-order chi connectivity index (χ1) is 15.0. The highest BCUT2D eigenvalue weighted by Crippen LogP contribution is 2.35. The quantitative estimate of drug-likeness (QED) is 0.395. The van der Waals surface area contributed by atoms with Crippen molar-refractivity contribution in [3.63, 3.8) is 0 Å². The molecule has 0 atom stereocenters. The van der Waals surface area contributed by atoms with E-state index in [0.717, 1.165) is 16.8 Å². The van der Waals surface area contributed by atoms with Crippen LogP contribution in [0.2, 0.25) is 0 Å². The summed E-state index contributed by atoms with van der Waals surface area (Å²) in [6.07, 6.45) is 0. The van der Waals surface area contributed by atoms with E-state index in [4.69, 9.17) is 5.10 Å². The minimum Gasteiger partial charge on any atom is -0.261 e. The van der Waals surface area contributed by atoms with Gasteiger partial charge < -0.3 is 0 Å². The average Bonchev–Trinajstić information content (AvgIpc) is 2.89. The summed E-state index contributed by atoms with van der Waals surface area (Å²) in [6, 6.07) is 23.0. The highest BCUT2D eigenvalue weighted by atomic mass is 16.6. The summed E-state index contributed by atoms with van der Waals surface area (Å²) in [5, 5.41) is 17.3. The zero-order chi connectivity index (χ0) is 22.0. The number of anilines is 2. The lowest BCUT2D eigenvalue weighted by Crippen LogP contribution is -2.36. The fourth-order valence-corrected chi connectivity index (χ4v) is 3.59. The Hall–Kier alpha value is -4.00. The van der Waals surface area contributed by atoms with E-state index in [1.807, 2.05) is 68.4 Å². The summed E-state index contributed by atoms with van der Waals surface area (Å²) >= 11 is 0. The number of fused-ring (bicyclic) bond motifs is 1. The van der Waals surface area contributed by atoms with Crippen LogP contribution in [0.5, 0.6) is 0 Å². The number of urea groups is 1. The van der Waals surface area contributed by atoms with Crippen LogP contribution in [-0.2, 0) is 6.54 Å². The van der Waals surface area contributed by atoms with Gasteiger partial charge in [-0.25, -0.2) is 9.80 Å². The Balaban J connectivity index is 1.85. The van der Waals surface area contributed by atoms with Gasteiger partial charge in [0.05, 0.1) is 28.6 Å². The number of hydrogen-bond acceptors (Lipinski definition) is 4. The SMILES string of the molecule is CC(C)C1=NN(Cc2ccccc2)C(=O)N(c2ccc([N+](=O)[O-])cc2)c2ccccc21. The van der Waals surface area contributed by atoms with Gasteiger partial charge in [-0.2, -0.15) is 5.10 Å². The van der Waals surface area contributed by atoms with Crippen molar-refractivity contribution in [3.05, 3.63) is 100 Å². The number of nitro benzene ring substituents is 1. The second kappa shape index (κ2) is 8.39. The van der Waals surface area contributed by atoms with E-state index in [1.54, 1.807) is 17.0 Å². The molecule has 1 aliphatic rings. The van der Waals surface area contributed by atoms with Gasteiger partial charge in [0.25, 0.3) is 5.69 Å². The number of nitro groups is 1. The van der Waals surface area contributed by atoms with E-state index in [0.29, 0.717) is 17.9 Å². The number of amides is 2. The van der Waals surface area contributed by atoms with E-state index in [9.17, 15) is 14.9 Å². The molecule has 0 aliphatic carbocycles. The highest BCUT2D eigenvalue weighted by molar-refractivity contribution is 6.13. The molecule has 7 nitrogen and oxygen atoms in total. The average molecular weight is 414 g/mol. The number of carbonyl (C=O) groups excluding carboxylic acids is 1. The zero-order valence-electron chi connectivity index (χ0n) is 17.3. The van der Waals surface area contributed by atoms with E-state index < -0.39 is 4.92 Å². The third-order valence-corrected chi connectivity index (χ3v) is 5.10. The topological polar surface area (TPSA) is 79.0 Å². The number of benzene rings is 3. The first kappa shape index (κ1) is 20.3. The second-order valence-corrected chi connectivity index (χ2v) is 7.59. The molecule has 156 valence electrons. The maximum Gasteiger partial charge on any atom is 0.349 e. The number of nitrogens with zero attached hydrogens (tertiary/aromatic N) is 4. The molecule has 0 unspecified atom stereocenters. The monoisotopic (exact) mass is 414 g/mol. The van der Waals surface area contributed by atoms with Crippen molar-refractivity contribution >= 4 is 28.8 Å². The van der Waals surface area contributed by atoms with Gasteiger partial charge >= 0.3 is 6.03 Å². The lowest BCUT2D eigenvalue weighted by molar-refractivity contribution is -0.384. The van der Waals surface area contributed by atoms with Crippen LogP contribution in [0.4, 0.5) is 21.9 Å². The van der Waals surface area contributed by atoms with Crippen molar-refractivity contribution < 1.29 is 9.72 Å². The van der Waals surface area contributed by atoms with Crippen LogP contribution >= 0.6 is 0 Å². The van der Waals surface area contributed by atoms with Crippen LogP contribution in [0.25, 0.3) is 0 Å². The standard InChI is InChI=1S/C24H22N4O3/c1-17(2)23-21-10-6-7-11-22(21)27(19-12-14-20(15-13-19)28(30)31)24(29)26(25-23)16-18-8-4-3-5-9-18/h3-15,17H,16H2,1-2H3. The minimum atomic E-state index is -0.455. The fraction of sp³-hybridized carbons (Fsp3) is 0.167. The van der Waals surface area contributed by atoms with Gasteiger partial charge in [-0.05, 0) is 29.7 Å². The molecule has 0 fully saturated rings. The van der Waals surface area contributed by atoms with Crippen LogP contribution in [0.3, 0.4) is 0 Å². The fourth-order valence-electron chi connectivity index (χ4n) is 3.59. The maximum absolute atomic E-state index is 13.7. The Morgan fingerprint density at radius 3 is 2.23 bits per heavy atom. The van der Waals surface area contributed by atoms with Crippen molar-refractivity contribution in [2.45, 2.75) is 20.4 Å². The predicted molar refractivity (Wildman–Crippen MR) is 120 cm³/mol. The highest BCUT2D eigenvalue weighted by Gasteiger charge is 2.32. The Kier molecular flexibility index (Phi) is 5.49. The lowest BCUT2D eigenvalue weighted by Gasteiger charge is -2.26. The van der Waals surface area contributed by atoms with Crippen LogP contribution in [0.1, 0.15) is 25.0 Å². The molecule has 0 aromatic heterocycles. The minimum absolute atomic E-state index is 0.0282. The second-order valence-electron chi connectivity index (χ2n) is 7.59. The Labute approximate surface area is 180 Å². The van der Waals surface area contributed by atoms with Crippen LogP contribution in [-0.4, -0.2) is 21.7 Å². The van der Waals surface area contributed by atoms with Gasteiger partial charge in [-0.3, -0.25) is 15.0 Å². The summed E-state index contributed by atoms with van der Waals surface area (Å²) in [6.45, 7) is 4.40. The van der Waals surface area contributed by atoms with Crippen molar-refractivity contribution in [1.29, 1.82) is 0 Å². The number of para-hydroxylation sites is 1. The van der Waals surface area contributed by atoms with Crippen LogP contribution in [0, 0.1) is 16.0 Å². The molecule has 7 heteroatoms. The summed E-state index contributed by atoms with van der Waals surface area (Å²) in [5.41, 5.74) is 3.84. The van der Waals surface area contributed by atoms with Crippen molar-refractivity contribution in [2.24, 2.45) is 11.0 Å². The van der Waals surface area contributed by atoms with Crippen molar-refractivity contribution in [1.82, 2.24) is 5.01 Å². The molecule has 0 radical (unpaired) electrons. The number of non-ortho nitro benzene ring substituents is 1. The Bertz CT molecular complexity index is 1140. The zero-order valence-corrected chi connectivity index (χ0v) is 17.3. The third kappa shape index (κ3) is 4.02. The van der Waals surface area contributed by atoms with Gasteiger partial charge in [-0.15, -0.1) is 0 Å². The molecule has 0 saturated heterocycles. The molecule has 4 rings (SSSR count). The van der Waals surface area contributed by atoms with Crippen molar-refractivity contribution in [2.75, 3.05) is 4.90 Å². The number of hydrogen-bond donors (Lipinski definition) is 0. The largest absolute Gasteiger partial charge is 0.349 e. The molecular formula is C24H22N4O3. The van der Waals surface area contributed by atoms with Gasteiger partial charge in [0.15, 0.2) is 0 Å². The molecule has 3 aromatic carbocycles. The van der Waals surface area contributed by atoms with Gasteiger partial charge in [0.2, 0.25) is 0 Å². The number of rotatable bonds is 5. The van der Waals surface area contributed by atoms with E-state index >= 15 is 0 Å². The summed E-state index contributed by atoms with van der Waals surface area (Å²) in [5.74, 6) is 0.0871. The molecule has 1 heterocycles. The number of hydrazone groups is 1. The normalized spacial score (nSPS) is 13.6. The van der Waals surface area contributed by atoms with Gasteiger partial charge in [0.1, 0.15) is 0 Å². The maximum atomic E-state index is 13.7. The molecule has 1 aliphatic heterocycles. The predicted octanol–water partition coefficient (Wildman–Crippen LogP) is 5.73. The van der Waals surface area contributed by atoms with E-state index in [2.05, 4.69) is 0 Å². The molecule has 31 heavy (non-hydrogen) atoms. The first-order valence-corrected chi connectivity index (χ1v) is 10.0. The molecule has 0 saturated carbocycles. The lowest BCUT2D eigenvalue weighted by atomic mass is 9.98. The molecule has 2 amide bonds. The molecule has 3 aromatic rings. The van der Waals surface area contributed by atoms with Gasteiger partial charge in [-0.1, -0.05) is 62.4 Å². The number of carbonyl (C=O) groups is 1. The van der Waals surface area contributed by atoms with Gasteiger partial charge in [0, 0.05) is 17.7 Å². The smallest absolute Gasteiger partial charge is 0.261 e. The molecule has 0 bridgehead atoms. The third-order valence-electron chi connectivity index (χ3n) is 5.10. The summed E-state index contributed by atoms with van der Waals surface area (Å²) in [7, 11) is 0. The van der Waals surface area contributed by atoms with Crippen LogP contribution in [0.15, 0.2) is 84.0 Å². The molecular weight excluding hydrogens is 392 g/mol. The summed E-state index contributed by atoms with van der Waals surface area (Å²) < 4.78 is 0. The van der Waals surface area contributed by atoms with E-state index in [1.165, 1.54) is 17.1 Å². The Morgan fingerprint density at radius 1 is 0.935 bits per heavy atom. The van der Waals surface area contributed by atoms with Crippen molar-refractivity contribution in [3.8, 4) is 0 Å². The first-order valence-electron chi connectivity index (χ1n) is 10.0. The van der Waals surface area contributed by atoms with E-state index in [-0.39, 0.29) is 17.6 Å². The molecule has 0 spiro atoms.